The minimum absolute atomic E-state index is 0.0977. The summed E-state index contributed by atoms with van der Waals surface area (Å²) >= 11 is 1.34. The van der Waals surface area contributed by atoms with Gasteiger partial charge in [-0.25, -0.2) is 4.98 Å². The van der Waals surface area contributed by atoms with Crippen molar-refractivity contribution in [1.29, 1.82) is 0 Å². The lowest BCUT2D eigenvalue weighted by atomic mass is 10.0. The van der Waals surface area contributed by atoms with Crippen molar-refractivity contribution in [2.75, 3.05) is 17.7 Å². The van der Waals surface area contributed by atoms with Gasteiger partial charge in [0.15, 0.2) is 0 Å². The lowest BCUT2D eigenvalue weighted by molar-refractivity contribution is -0.113. The van der Waals surface area contributed by atoms with Crippen molar-refractivity contribution in [3.05, 3.63) is 30.1 Å². The number of carbonyl (C=O) groups is 1. The molecule has 1 aromatic heterocycles. The Balaban J connectivity index is 1.44. The molecule has 3 rings (SSSR count). The molecular formula is C19H26N4O2S. The molecule has 1 aliphatic carbocycles. The topological polar surface area (TPSA) is 79.9 Å². The molecular weight excluding hydrogens is 348 g/mol. The minimum atomic E-state index is -0.0977. The smallest absolute Gasteiger partial charge is 0.234 e. The summed E-state index contributed by atoms with van der Waals surface area (Å²) in [4.78, 5) is 16.7. The molecule has 1 amide bonds. The van der Waals surface area contributed by atoms with Crippen molar-refractivity contribution >= 4 is 23.4 Å². The van der Waals surface area contributed by atoms with Gasteiger partial charge in [0.1, 0.15) is 11.6 Å². The number of nitrogens with zero attached hydrogens (tertiary/aromatic N) is 2. The summed E-state index contributed by atoms with van der Waals surface area (Å²) in [7, 11) is 0. The van der Waals surface area contributed by atoms with E-state index in [0.29, 0.717) is 23.2 Å². The molecule has 1 saturated carbocycles. The van der Waals surface area contributed by atoms with E-state index in [4.69, 9.17) is 4.74 Å². The van der Waals surface area contributed by atoms with Crippen LogP contribution in [0.3, 0.4) is 0 Å². The molecule has 7 heteroatoms. The Morgan fingerprint density at radius 2 is 2.15 bits per heavy atom. The maximum atomic E-state index is 12.2. The molecule has 26 heavy (non-hydrogen) atoms. The maximum absolute atomic E-state index is 12.2. The fraction of sp³-hybridized carbons (Fsp3) is 0.526. The van der Waals surface area contributed by atoms with Gasteiger partial charge in [-0.3, -0.25) is 9.89 Å². The van der Waals surface area contributed by atoms with Crippen LogP contribution in [0.1, 0.15) is 44.9 Å². The molecule has 0 bridgehead atoms. The number of thioether (sulfide) groups is 1. The van der Waals surface area contributed by atoms with Crippen LogP contribution >= 0.6 is 11.8 Å². The minimum Gasteiger partial charge on any atom is -0.492 e. The Morgan fingerprint density at radius 3 is 2.96 bits per heavy atom. The van der Waals surface area contributed by atoms with Gasteiger partial charge in [-0.1, -0.05) is 49.6 Å². The van der Waals surface area contributed by atoms with Gasteiger partial charge < -0.3 is 10.1 Å². The molecule has 0 spiro atoms. The van der Waals surface area contributed by atoms with Gasteiger partial charge in [-0.2, -0.15) is 0 Å². The standard InChI is InChI=1S/C19H26N4O2S/c1-2-25-16-10-6-5-9-15(16)20-18(24)13-26-19-21-17(22-23-19)12-11-14-7-3-4-8-14/h5-6,9-10,14H,2-4,7-8,11-13H2,1H3,(H,20,24)(H,21,22,23). The number of aromatic nitrogens is 3. The summed E-state index contributed by atoms with van der Waals surface area (Å²) in [5.74, 6) is 2.61. The normalized spacial score (nSPS) is 14.5. The van der Waals surface area contributed by atoms with Crippen molar-refractivity contribution in [2.45, 2.75) is 50.6 Å². The molecule has 2 N–H and O–H groups in total. The summed E-state index contributed by atoms with van der Waals surface area (Å²) in [6, 6.07) is 7.44. The second-order valence-electron chi connectivity index (χ2n) is 6.52. The highest BCUT2D eigenvalue weighted by Gasteiger charge is 2.16. The number of hydrogen-bond acceptors (Lipinski definition) is 5. The van der Waals surface area contributed by atoms with Crippen molar-refractivity contribution in [3.8, 4) is 5.75 Å². The number of aryl methyl sites for hydroxylation is 1. The molecule has 1 fully saturated rings. The highest BCUT2D eigenvalue weighted by Crippen LogP contribution is 2.28. The summed E-state index contributed by atoms with van der Waals surface area (Å²) in [5.41, 5.74) is 0.687. The van der Waals surface area contributed by atoms with Crippen LogP contribution in [0.2, 0.25) is 0 Å². The van der Waals surface area contributed by atoms with Crippen molar-refractivity contribution < 1.29 is 9.53 Å². The van der Waals surface area contributed by atoms with E-state index < -0.39 is 0 Å². The van der Waals surface area contributed by atoms with Crippen LogP contribution in [-0.2, 0) is 11.2 Å². The van der Waals surface area contributed by atoms with Crippen molar-refractivity contribution in [3.63, 3.8) is 0 Å². The summed E-state index contributed by atoms with van der Waals surface area (Å²) in [6.45, 7) is 2.48. The Morgan fingerprint density at radius 1 is 1.35 bits per heavy atom. The second kappa shape index (κ2) is 9.62. The molecule has 0 unspecified atom stereocenters. The number of rotatable bonds is 9. The Labute approximate surface area is 158 Å². The Kier molecular flexibility index (Phi) is 6.94. The first kappa shape index (κ1) is 18.8. The van der Waals surface area contributed by atoms with Crippen molar-refractivity contribution in [2.24, 2.45) is 5.92 Å². The first-order chi connectivity index (χ1) is 12.7. The quantitative estimate of drug-likeness (QED) is 0.647. The highest BCUT2D eigenvalue weighted by molar-refractivity contribution is 7.99. The summed E-state index contributed by atoms with van der Waals surface area (Å²) < 4.78 is 5.52. The van der Waals surface area contributed by atoms with Gasteiger partial charge in [-0.05, 0) is 31.4 Å². The zero-order valence-corrected chi connectivity index (χ0v) is 16.0. The van der Waals surface area contributed by atoms with Crippen LogP contribution in [0.25, 0.3) is 0 Å². The summed E-state index contributed by atoms with van der Waals surface area (Å²) in [6.07, 6.45) is 7.53. The molecule has 0 aliphatic heterocycles. The largest absolute Gasteiger partial charge is 0.492 e. The van der Waals surface area contributed by atoms with E-state index in [0.717, 1.165) is 18.2 Å². The maximum Gasteiger partial charge on any atom is 0.234 e. The first-order valence-corrected chi connectivity index (χ1v) is 10.3. The molecule has 0 saturated heterocycles. The molecule has 1 heterocycles. The summed E-state index contributed by atoms with van der Waals surface area (Å²) in [5, 5.41) is 10.7. The number of benzene rings is 1. The van der Waals surface area contributed by atoms with Gasteiger partial charge in [0.05, 0.1) is 18.0 Å². The third kappa shape index (κ3) is 5.49. The molecule has 6 nitrogen and oxygen atoms in total. The lowest BCUT2D eigenvalue weighted by Gasteiger charge is -2.10. The van der Waals surface area contributed by atoms with E-state index in [9.17, 15) is 4.79 Å². The van der Waals surface area contributed by atoms with Gasteiger partial charge >= 0.3 is 0 Å². The SMILES string of the molecule is CCOc1ccccc1NC(=O)CSc1n[nH]c(CCC2CCCC2)n1. The third-order valence-electron chi connectivity index (χ3n) is 4.57. The predicted molar refractivity (Wildman–Crippen MR) is 104 cm³/mol. The molecule has 1 aliphatic rings. The van der Waals surface area contributed by atoms with Crippen LogP contribution in [0.4, 0.5) is 5.69 Å². The van der Waals surface area contributed by atoms with Gasteiger partial charge in [0, 0.05) is 6.42 Å². The number of nitrogens with one attached hydrogen (secondary N) is 2. The van der Waals surface area contributed by atoms with Crippen LogP contribution in [0, 0.1) is 5.92 Å². The van der Waals surface area contributed by atoms with E-state index >= 15 is 0 Å². The average molecular weight is 375 g/mol. The molecule has 0 atom stereocenters. The lowest BCUT2D eigenvalue weighted by Crippen LogP contribution is -2.15. The van der Waals surface area contributed by atoms with Crippen LogP contribution in [-0.4, -0.2) is 33.4 Å². The van der Waals surface area contributed by atoms with E-state index in [1.54, 1.807) is 0 Å². The van der Waals surface area contributed by atoms with Gasteiger partial charge in [0.2, 0.25) is 11.1 Å². The number of para-hydroxylation sites is 2. The fourth-order valence-electron chi connectivity index (χ4n) is 3.26. The zero-order chi connectivity index (χ0) is 18.2. The second-order valence-corrected chi connectivity index (χ2v) is 7.46. The van der Waals surface area contributed by atoms with Crippen molar-refractivity contribution in [1.82, 2.24) is 15.2 Å². The fourth-order valence-corrected chi connectivity index (χ4v) is 3.88. The number of aromatic amines is 1. The zero-order valence-electron chi connectivity index (χ0n) is 15.2. The number of carbonyl (C=O) groups excluding carboxylic acids is 1. The van der Waals surface area contributed by atoms with E-state index in [2.05, 4.69) is 20.5 Å². The number of amides is 1. The van der Waals surface area contributed by atoms with E-state index in [-0.39, 0.29) is 11.7 Å². The number of H-pyrrole nitrogens is 1. The Bertz CT molecular complexity index is 713. The van der Waals surface area contributed by atoms with Gasteiger partial charge in [-0.15, -0.1) is 5.10 Å². The molecule has 2 aromatic rings. The Hall–Kier alpha value is -2.02. The van der Waals surface area contributed by atoms with Gasteiger partial charge in [0.25, 0.3) is 0 Å². The monoisotopic (exact) mass is 374 g/mol. The number of hydrogen-bond donors (Lipinski definition) is 2. The van der Waals surface area contributed by atoms with E-state index in [1.165, 1.54) is 43.9 Å². The average Bonchev–Trinajstić information content (AvgIpc) is 3.32. The molecule has 140 valence electrons. The number of anilines is 1. The third-order valence-corrected chi connectivity index (χ3v) is 5.42. The van der Waals surface area contributed by atoms with E-state index in [1.807, 2.05) is 31.2 Å². The van der Waals surface area contributed by atoms with Crippen LogP contribution in [0.15, 0.2) is 29.4 Å². The molecule has 1 aromatic carbocycles. The van der Waals surface area contributed by atoms with Crippen LogP contribution in [0.5, 0.6) is 5.75 Å². The first-order valence-electron chi connectivity index (χ1n) is 9.30. The number of ether oxygens (including phenoxy) is 1. The molecule has 0 radical (unpaired) electrons. The van der Waals surface area contributed by atoms with Crippen LogP contribution < -0.4 is 10.1 Å². The highest BCUT2D eigenvalue weighted by atomic mass is 32.2. The predicted octanol–water partition coefficient (Wildman–Crippen LogP) is 4.06.